The van der Waals surface area contributed by atoms with Crippen LogP contribution in [0.25, 0.3) is 11.3 Å². The summed E-state index contributed by atoms with van der Waals surface area (Å²) in [6.07, 6.45) is 0.867. The molecule has 2 aromatic heterocycles. The van der Waals surface area contributed by atoms with Crippen LogP contribution in [0.2, 0.25) is 0 Å². The molecule has 2 heterocycles. The van der Waals surface area contributed by atoms with Crippen molar-refractivity contribution in [2.75, 3.05) is 18.9 Å². The number of nitrogens with one attached hydrogen (secondary N) is 2. The van der Waals surface area contributed by atoms with Crippen LogP contribution in [0.1, 0.15) is 28.9 Å². The average molecular weight is 425 g/mol. The van der Waals surface area contributed by atoms with Crippen LogP contribution in [0.5, 0.6) is 5.75 Å². The number of hydrogen-bond acceptors (Lipinski definition) is 6. The van der Waals surface area contributed by atoms with E-state index in [9.17, 15) is 18.7 Å². The number of para-hydroxylation sites is 1. The van der Waals surface area contributed by atoms with Gasteiger partial charge in [0.15, 0.2) is 0 Å². The van der Waals surface area contributed by atoms with Crippen LogP contribution in [0.3, 0.4) is 0 Å². The molecule has 1 aliphatic rings. The molecule has 0 saturated heterocycles. The minimum absolute atomic E-state index is 0.133. The highest BCUT2D eigenvalue weighted by atomic mass is 19.1. The van der Waals surface area contributed by atoms with Crippen LogP contribution in [-0.4, -0.2) is 46.0 Å². The van der Waals surface area contributed by atoms with Gasteiger partial charge in [-0.25, -0.2) is 8.78 Å². The topological polar surface area (TPSA) is 100 Å². The van der Waals surface area contributed by atoms with Crippen molar-refractivity contribution in [3.63, 3.8) is 0 Å². The average Bonchev–Trinajstić information content (AvgIpc) is 2.76. The van der Waals surface area contributed by atoms with Crippen LogP contribution in [-0.2, 0) is 5.41 Å². The third-order valence-electron chi connectivity index (χ3n) is 5.54. The lowest BCUT2D eigenvalue weighted by atomic mass is 9.65. The Morgan fingerprint density at radius 2 is 2.00 bits per heavy atom. The van der Waals surface area contributed by atoms with Gasteiger partial charge in [0.25, 0.3) is 5.91 Å². The highest BCUT2D eigenvalue weighted by molar-refractivity contribution is 5.98. The number of hydrogen-bond donors (Lipinski definition) is 3. The van der Waals surface area contributed by atoms with E-state index in [4.69, 9.17) is 0 Å². The number of alkyl halides is 1. The van der Waals surface area contributed by atoms with E-state index in [0.717, 1.165) is 0 Å². The second-order valence-corrected chi connectivity index (χ2v) is 7.56. The van der Waals surface area contributed by atoms with Gasteiger partial charge in [0, 0.05) is 30.8 Å². The fourth-order valence-electron chi connectivity index (χ4n) is 3.88. The Labute approximate surface area is 177 Å². The molecule has 1 fully saturated rings. The van der Waals surface area contributed by atoms with Crippen LogP contribution in [0.15, 0.2) is 48.7 Å². The number of phenols is 1. The Bertz CT molecular complexity index is 1100. The lowest BCUT2D eigenvalue weighted by Gasteiger charge is -2.44. The number of anilines is 1. The van der Waals surface area contributed by atoms with Crippen molar-refractivity contribution in [2.45, 2.75) is 24.4 Å². The smallest absolute Gasteiger partial charge is 0.254 e. The van der Waals surface area contributed by atoms with Gasteiger partial charge in [-0.05, 0) is 49.2 Å². The molecule has 1 aliphatic carbocycles. The second kappa shape index (κ2) is 8.25. The maximum Gasteiger partial charge on any atom is 0.254 e. The van der Waals surface area contributed by atoms with Crippen molar-refractivity contribution in [1.82, 2.24) is 20.5 Å². The molecule has 7 nitrogen and oxygen atoms in total. The van der Waals surface area contributed by atoms with Gasteiger partial charge in [-0.15, -0.1) is 10.2 Å². The molecule has 3 aromatic rings. The third-order valence-corrected chi connectivity index (χ3v) is 5.54. The number of aromatic hydroxyl groups is 1. The van der Waals surface area contributed by atoms with Gasteiger partial charge in [0.2, 0.25) is 0 Å². The fourth-order valence-corrected chi connectivity index (χ4v) is 3.88. The Hall–Kier alpha value is -3.62. The van der Waals surface area contributed by atoms with Crippen LogP contribution >= 0.6 is 0 Å². The summed E-state index contributed by atoms with van der Waals surface area (Å²) in [5.74, 6) is -0.637. The van der Waals surface area contributed by atoms with E-state index >= 15 is 0 Å². The van der Waals surface area contributed by atoms with Gasteiger partial charge >= 0.3 is 0 Å². The van der Waals surface area contributed by atoms with Crippen molar-refractivity contribution in [3.05, 3.63) is 65.7 Å². The van der Waals surface area contributed by atoms with E-state index in [0.29, 0.717) is 17.1 Å². The van der Waals surface area contributed by atoms with Gasteiger partial charge < -0.3 is 15.7 Å². The number of pyridine rings is 1. The highest BCUT2D eigenvalue weighted by Gasteiger charge is 2.48. The fraction of sp³-hybridized carbons (Fsp3) is 0.273. The van der Waals surface area contributed by atoms with E-state index in [1.54, 1.807) is 24.3 Å². The standard InChI is InChI=1S/C22H21F2N5O2/c1-25-21(31)15-5-2-4-14(19(15)30)17-7-8-18(29-28-17)27-12-22(10-13(23)11-22)20-16(24)6-3-9-26-20/h2-9,13,30H,10-12H2,1H3,(H,25,31)(H,27,29). The zero-order valence-corrected chi connectivity index (χ0v) is 16.8. The van der Waals surface area contributed by atoms with E-state index in [1.807, 2.05) is 0 Å². The first kappa shape index (κ1) is 20.6. The van der Waals surface area contributed by atoms with Crippen molar-refractivity contribution in [1.29, 1.82) is 0 Å². The van der Waals surface area contributed by atoms with Gasteiger partial charge in [-0.2, -0.15) is 0 Å². The molecule has 0 unspecified atom stereocenters. The number of aromatic nitrogens is 3. The molecule has 4 rings (SSSR count). The molecule has 3 N–H and O–H groups in total. The predicted octanol–water partition coefficient (Wildman–Crippen LogP) is 3.22. The predicted molar refractivity (Wildman–Crippen MR) is 111 cm³/mol. The third kappa shape index (κ3) is 3.90. The molecule has 9 heteroatoms. The summed E-state index contributed by atoms with van der Waals surface area (Å²) < 4.78 is 28.0. The number of amides is 1. The number of nitrogens with zero attached hydrogens (tertiary/aromatic N) is 3. The van der Waals surface area contributed by atoms with Crippen molar-refractivity contribution in [3.8, 4) is 17.0 Å². The number of halogens is 2. The molecule has 1 amide bonds. The number of benzene rings is 1. The Kier molecular flexibility index (Phi) is 5.50. The second-order valence-electron chi connectivity index (χ2n) is 7.56. The molecular formula is C22H21F2N5O2. The maximum atomic E-state index is 14.3. The minimum Gasteiger partial charge on any atom is -0.506 e. The molecule has 31 heavy (non-hydrogen) atoms. The summed E-state index contributed by atoms with van der Waals surface area (Å²) in [6, 6.07) is 10.9. The number of rotatable bonds is 6. The Morgan fingerprint density at radius 1 is 1.19 bits per heavy atom. The molecule has 0 atom stereocenters. The van der Waals surface area contributed by atoms with Crippen molar-refractivity contribution < 1.29 is 18.7 Å². The molecule has 0 aliphatic heterocycles. The van der Waals surface area contributed by atoms with E-state index < -0.39 is 23.3 Å². The zero-order valence-electron chi connectivity index (χ0n) is 16.8. The van der Waals surface area contributed by atoms with Gasteiger partial charge in [-0.3, -0.25) is 9.78 Å². The minimum atomic E-state index is -0.993. The van der Waals surface area contributed by atoms with E-state index in [-0.39, 0.29) is 36.4 Å². The molecule has 1 saturated carbocycles. The van der Waals surface area contributed by atoms with Crippen molar-refractivity contribution >= 4 is 11.7 Å². The Balaban J connectivity index is 1.52. The van der Waals surface area contributed by atoms with Gasteiger partial charge in [0.05, 0.1) is 17.0 Å². The van der Waals surface area contributed by atoms with E-state index in [1.165, 1.54) is 31.4 Å². The first-order chi connectivity index (χ1) is 14.9. The monoisotopic (exact) mass is 425 g/mol. The number of carbonyl (C=O) groups is 1. The largest absolute Gasteiger partial charge is 0.506 e. The van der Waals surface area contributed by atoms with Crippen molar-refractivity contribution in [2.24, 2.45) is 0 Å². The summed E-state index contributed by atoms with van der Waals surface area (Å²) >= 11 is 0. The highest BCUT2D eigenvalue weighted by Crippen LogP contribution is 2.45. The Morgan fingerprint density at radius 3 is 2.65 bits per heavy atom. The summed E-state index contributed by atoms with van der Waals surface area (Å²) in [7, 11) is 1.48. The summed E-state index contributed by atoms with van der Waals surface area (Å²) in [4.78, 5) is 16.0. The normalized spacial score (nSPS) is 20.0. The van der Waals surface area contributed by atoms with E-state index in [2.05, 4.69) is 25.8 Å². The van der Waals surface area contributed by atoms with Gasteiger partial charge in [0.1, 0.15) is 23.6 Å². The zero-order chi connectivity index (χ0) is 22.0. The maximum absolute atomic E-state index is 14.3. The summed E-state index contributed by atoms with van der Waals surface area (Å²) in [6.45, 7) is 0.257. The van der Waals surface area contributed by atoms with Gasteiger partial charge in [-0.1, -0.05) is 6.07 Å². The van der Waals surface area contributed by atoms with Crippen LogP contribution in [0, 0.1) is 5.82 Å². The summed E-state index contributed by atoms with van der Waals surface area (Å²) in [5.41, 5.74) is 0.384. The molecule has 1 aromatic carbocycles. The van der Waals surface area contributed by atoms with Crippen LogP contribution in [0.4, 0.5) is 14.6 Å². The van der Waals surface area contributed by atoms with Crippen LogP contribution < -0.4 is 10.6 Å². The first-order valence-electron chi connectivity index (χ1n) is 9.80. The molecular weight excluding hydrogens is 404 g/mol. The molecule has 160 valence electrons. The summed E-state index contributed by atoms with van der Waals surface area (Å²) in [5, 5.41) is 24.2. The lowest BCUT2D eigenvalue weighted by Crippen LogP contribution is -2.49. The molecule has 0 spiro atoms. The first-order valence-corrected chi connectivity index (χ1v) is 9.80. The SMILES string of the molecule is CNC(=O)c1cccc(-c2ccc(NCC3(c4ncccc4F)CC(F)C3)nn2)c1O. The lowest BCUT2D eigenvalue weighted by molar-refractivity contribution is 0.0957. The number of phenolic OH excluding ortho intramolecular Hbond substituents is 1. The quantitative estimate of drug-likeness (QED) is 0.561. The molecule has 0 radical (unpaired) electrons. The molecule has 0 bridgehead atoms. The number of carbonyl (C=O) groups excluding carboxylic acids is 1.